The molecular weight excluding hydrogens is 185 g/mol. The van der Waals surface area contributed by atoms with Crippen molar-refractivity contribution in [2.45, 2.75) is 0 Å². The monoisotopic (exact) mass is 191 g/mol. The Kier molecular flexibility index (Phi) is 3.25. The van der Waals surface area contributed by atoms with Gasteiger partial charge in [-0.3, -0.25) is 0 Å². The van der Waals surface area contributed by atoms with Crippen LogP contribution in [0.3, 0.4) is 0 Å². The van der Waals surface area contributed by atoms with Gasteiger partial charge in [-0.05, 0) is 12.1 Å². The van der Waals surface area contributed by atoms with Gasteiger partial charge < -0.3 is 9.47 Å². The summed E-state index contributed by atoms with van der Waals surface area (Å²) >= 11 is 5.41. The molecule has 0 saturated heterocycles. The average molecular weight is 192 g/mol. The summed E-state index contributed by atoms with van der Waals surface area (Å²) in [6.07, 6.45) is 0. The number of halogens is 2. The Morgan fingerprint density at radius 3 is 2.92 bits per heavy atom. The SMILES string of the molecule is COCOc1ccc(Cl)nc1F. The third-order valence-electron chi connectivity index (χ3n) is 1.11. The fourth-order valence-corrected chi connectivity index (χ4v) is 0.767. The van der Waals surface area contributed by atoms with Gasteiger partial charge in [0.2, 0.25) is 0 Å². The predicted molar refractivity (Wildman–Crippen MR) is 41.7 cm³/mol. The van der Waals surface area contributed by atoms with Crippen LogP contribution < -0.4 is 4.74 Å². The zero-order chi connectivity index (χ0) is 8.97. The van der Waals surface area contributed by atoms with E-state index in [1.165, 1.54) is 19.2 Å². The largest absolute Gasteiger partial charge is 0.463 e. The summed E-state index contributed by atoms with van der Waals surface area (Å²) in [7, 11) is 1.45. The molecule has 0 fully saturated rings. The Morgan fingerprint density at radius 2 is 2.33 bits per heavy atom. The summed E-state index contributed by atoms with van der Waals surface area (Å²) in [5.74, 6) is -0.708. The van der Waals surface area contributed by atoms with Gasteiger partial charge >= 0.3 is 0 Å². The van der Waals surface area contributed by atoms with Crippen LogP contribution >= 0.6 is 11.6 Å². The molecule has 1 rings (SSSR count). The third-order valence-corrected chi connectivity index (χ3v) is 1.32. The van der Waals surface area contributed by atoms with E-state index in [0.717, 1.165) is 0 Å². The Morgan fingerprint density at radius 1 is 1.58 bits per heavy atom. The van der Waals surface area contributed by atoms with Crippen molar-refractivity contribution in [2.75, 3.05) is 13.9 Å². The molecule has 0 aliphatic carbocycles. The Bertz CT molecular complexity index is 270. The fraction of sp³-hybridized carbons (Fsp3) is 0.286. The second-order valence-electron chi connectivity index (χ2n) is 1.97. The van der Waals surface area contributed by atoms with Crippen LogP contribution in [-0.4, -0.2) is 18.9 Å². The van der Waals surface area contributed by atoms with Crippen LogP contribution in [0.15, 0.2) is 12.1 Å². The van der Waals surface area contributed by atoms with Gasteiger partial charge in [0.15, 0.2) is 12.5 Å². The normalized spacial score (nSPS) is 9.92. The molecule has 66 valence electrons. The molecule has 0 aromatic carbocycles. The van der Waals surface area contributed by atoms with Gasteiger partial charge in [0.1, 0.15) is 5.15 Å². The van der Waals surface area contributed by atoms with Crippen molar-refractivity contribution in [3.05, 3.63) is 23.2 Å². The summed E-state index contributed by atoms with van der Waals surface area (Å²) in [5.41, 5.74) is 0. The highest BCUT2D eigenvalue weighted by Crippen LogP contribution is 2.16. The van der Waals surface area contributed by atoms with E-state index >= 15 is 0 Å². The molecule has 0 atom stereocenters. The van der Waals surface area contributed by atoms with Gasteiger partial charge in [0.25, 0.3) is 5.95 Å². The van der Waals surface area contributed by atoms with E-state index < -0.39 is 5.95 Å². The molecule has 0 bridgehead atoms. The van der Waals surface area contributed by atoms with Crippen molar-refractivity contribution in [3.63, 3.8) is 0 Å². The van der Waals surface area contributed by atoms with E-state index in [2.05, 4.69) is 9.72 Å². The number of methoxy groups -OCH3 is 1. The highest BCUT2D eigenvalue weighted by atomic mass is 35.5. The van der Waals surface area contributed by atoms with Gasteiger partial charge in [-0.15, -0.1) is 0 Å². The maximum absolute atomic E-state index is 12.8. The van der Waals surface area contributed by atoms with Crippen molar-refractivity contribution in [1.29, 1.82) is 0 Å². The molecular formula is C7H7ClFNO2. The lowest BCUT2D eigenvalue weighted by Crippen LogP contribution is -2.01. The maximum atomic E-state index is 12.8. The zero-order valence-corrected chi connectivity index (χ0v) is 7.14. The lowest BCUT2D eigenvalue weighted by Gasteiger charge is -2.04. The molecule has 0 spiro atoms. The summed E-state index contributed by atoms with van der Waals surface area (Å²) in [4.78, 5) is 3.34. The van der Waals surface area contributed by atoms with Crippen molar-refractivity contribution < 1.29 is 13.9 Å². The van der Waals surface area contributed by atoms with E-state index in [4.69, 9.17) is 16.3 Å². The molecule has 0 amide bonds. The molecule has 0 aliphatic rings. The van der Waals surface area contributed by atoms with Crippen LogP contribution in [-0.2, 0) is 4.74 Å². The molecule has 0 aliphatic heterocycles. The molecule has 0 radical (unpaired) electrons. The number of pyridine rings is 1. The van der Waals surface area contributed by atoms with E-state index in [1.54, 1.807) is 0 Å². The quantitative estimate of drug-likeness (QED) is 0.540. The first-order chi connectivity index (χ1) is 5.74. The van der Waals surface area contributed by atoms with Gasteiger partial charge in [-0.1, -0.05) is 11.6 Å². The topological polar surface area (TPSA) is 31.4 Å². The molecule has 0 saturated carbocycles. The van der Waals surface area contributed by atoms with Crippen LogP contribution in [0.4, 0.5) is 4.39 Å². The Labute approximate surface area is 74.1 Å². The van der Waals surface area contributed by atoms with Gasteiger partial charge in [0.05, 0.1) is 0 Å². The minimum Gasteiger partial charge on any atom is -0.463 e. The van der Waals surface area contributed by atoms with Crippen molar-refractivity contribution in [1.82, 2.24) is 4.98 Å². The predicted octanol–water partition coefficient (Wildman–Crippen LogP) is 1.86. The molecule has 5 heteroatoms. The molecule has 12 heavy (non-hydrogen) atoms. The zero-order valence-electron chi connectivity index (χ0n) is 6.38. The summed E-state index contributed by atoms with van der Waals surface area (Å²) < 4.78 is 22.2. The van der Waals surface area contributed by atoms with Crippen LogP contribution in [0.2, 0.25) is 5.15 Å². The number of hydrogen-bond donors (Lipinski definition) is 0. The smallest absolute Gasteiger partial charge is 0.256 e. The van der Waals surface area contributed by atoms with Crippen molar-refractivity contribution >= 4 is 11.6 Å². The van der Waals surface area contributed by atoms with Crippen LogP contribution in [0.5, 0.6) is 5.75 Å². The molecule has 0 unspecified atom stereocenters. The average Bonchev–Trinajstić information content (AvgIpc) is 2.03. The molecule has 1 heterocycles. The Balaban J connectivity index is 2.72. The molecule has 3 nitrogen and oxygen atoms in total. The molecule has 1 aromatic heterocycles. The first kappa shape index (κ1) is 9.22. The standard InChI is InChI=1S/C7H7ClFNO2/c1-11-4-12-5-2-3-6(8)10-7(5)9/h2-3H,4H2,1H3. The third kappa shape index (κ3) is 2.32. The summed E-state index contributed by atoms with van der Waals surface area (Å²) in [6, 6.07) is 2.83. The molecule has 1 aromatic rings. The minimum absolute atomic E-state index is 0.0137. The number of aromatic nitrogens is 1. The number of rotatable bonds is 3. The van der Waals surface area contributed by atoms with E-state index in [1.807, 2.05) is 0 Å². The highest BCUT2D eigenvalue weighted by molar-refractivity contribution is 6.29. The highest BCUT2D eigenvalue weighted by Gasteiger charge is 2.04. The fourth-order valence-electron chi connectivity index (χ4n) is 0.629. The second-order valence-corrected chi connectivity index (χ2v) is 2.36. The van der Waals surface area contributed by atoms with Gasteiger partial charge in [0, 0.05) is 7.11 Å². The summed E-state index contributed by atoms with van der Waals surface area (Å²) in [6.45, 7) is -0.0137. The van der Waals surface area contributed by atoms with Crippen LogP contribution in [0.1, 0.15) is 0 Å². The number of nitrogens with zero attached hydrogens (tertiary/aromatic N) is 1. The lowest BCUT2D eigenvalue weighted by molar-refractivity contribution is 0.0476. The van der Waals surface area contributed by atoms with E-state index in [-0.39, 0.29) is 17.7 Å². The molecule has 0 N–H and O–H groups in total. The van der Waals surface area contributed by atoms with Gasteiger partial charge in [-0.25, -0.2) is 4.98 Å². The van der Waals surface area contributed by atoms with E-state index in [9.17, 15) is 4.39 Å². The van der Waals surface area contributed by atoms with Crippen LogP contribution in [0.25, 0.3) is 0 Å². The minimum atomic E-state index is -0.737. The van der Waals surface area contributed by atoms with Crippen LogP contribution in [0, 0.1) is 5.95 Å². The maximum Gasteiger partial charge on any atom is 0.256 e. The first-order valence-electron chi connectivity index (χ1n) is 3.18. The number of hydrogen-bond acceptors (Lipinski definition) is 3. The summed E-state index contributed by atoms with van der Waals surface area (Å²) in [5, 5.41) is 0.0947. The lowest BCUT2D eigenvalue weighted by atomic mass is 10.4. The number of ether oxygens (including phenoxy) is 2. The first-order valence-corrected chi connectivity index (χ1v) is 3.55. The van der Waals surface area contributed by atoms with Gasteiger partial charge in [-0.2, -0.15) is 4.39 Å². The van der Waals surface area contributed by atoms with Crippen molar-refractivity contribution in [3.8, 4) is 5.75 Å². The Hall–Kier alpha value is -0.870. The van der Waals surface area contributed by atoms with Crippen molar-refractivity contribution in [2.24, 2.45) is 0 Å². The van der Waals surface area contributed by atoms with E-state index in [0.29, 0.717) is 0 Å². The second kappa shape index (κ2) is 4.23.